The van der Waals surface area contributed by atoms with Gasteiger partial charge in [0, 0.05) is 12.6 Å². The first-order chi connectivity index (χ1) is 4.88. The van der Waals surface area contributed by atoms with Crippen LogP contribution >= 0.6 is 0 Å². The van der Waals surface area contributed by atoms with Crippen LogP contribution in [0.15, 0.2) is 12.4 Å². The zero-order valence-corrected chi connectivity index (χ0v) is 6.28. The van der Waals surface area contributed by atoms with Crippen molar-refractivity contribution in [1.29, 1.82) is 0 Å². The summed E-state index contributed by atoms with van der Waals surface area (Å²) in [6.45, 7) is 4.02. The fourth-order valence-electron chi connectivity index (χ4n) is 0.793. The van der Waals surface area contributed by atoms with Gasteiger partial charge in [0.15, 0.2) is 0 Å². The molecule has 1 rings (SSSR count). The molecule has 1 aromatic heterocycles. The van der Waals surface area contributed by atoms with Crippen molar-refractivity contribution in [2.24, 2.45) is 0 Å². The lowest BCUT2D eigenvalue weighted by Gasteiger charge is -1.93. The van der Waals surface area contributed by atoms with E-state index in [4.69, 9.17) is 0 Å². The van der Waals surface area contributed by atoms with Crippen molar-refractivity contribution in [3.63, 3.8) is 0 Å². The Morgan fingerprint density at radius 2 is 2.50 bits per heavy atom. The van der Waals surface area contributed by atoms with Crippen LogP contribution in [0, 0.1) is 0 Å². The maximum absolute atomic E-state index is 4.05. The minimum absolute atomic E-state index is 0.921. The van der Waals surface area contributed by atoms with E-state index in [1.807, 2.05) is 19.2 Å². The Bertz CT molecular complexity index is 225. The summed E-state index contributed by atoms with van der Waals surface area (Å²) in [6, 6.07) is 0. The zero-order chi connectivity index (χ0) is 7.40. The molecule has 10 heavy (non-hydrogen) atoms. The Hall–Kier alpha value is -1.12. The number of hydrogen-bond donors (Lipinski definition) is 0. The summed E-state index contributed by atoms with van der Waals surface area (Å²) < 4.78 is 1.78. The second kappa shape index (κ2) is 3.15. The maximum Gasteiger partial charge on any atom is 0.138 e. The van der Waals surface area contributed by atoms with Crippen molar-refractivity contribution in [2.75, 3.05) is 0 Å². The van der Waals surface area contributed by atoms with E-state index in [2.05, 4.69) is 17.0 Å². The molecule has 0 bridgehead atoms. The van der Waals surface area contributed by atoms with Crippen LogP contribution < -0.4 is 0 Å². The number of rotatable bonds is 2. The van der Waals surface area contributed by atoms with Gasteiger partial charge in [-0.1, -0.05) is 13.0 Å². The topological polar surface area (TPSA) is 30.7 Å². The highest BCUT2D eigenvalue weighted by Crippen LogP contribution is 1.94. The number of allylic oxidation sites excluding steroid dienone is 1. The molecule has 0 N–H and O–H groups in total. The van der Waals surface area contributed by atoms with Crippen molar-refractivity contribution in [2.45, 2.75) is 20.3 Å². The Morgan fingerprint density at radius 1 is 1.70 bits per heavy atom. The molecule has 0 aliphatic rings. The van der Waals surface area contributed by atoms with Crippen molar-refractivity contribution >= 4 is 6.20 Å². The summed E-state index contributed by atoms with van der Waals surface area (Å²) in [5.74, 6) is 0.998. The van der Waals surface area contributed by atoms with Crippen molar-refractivity contribution in [3.05, 3.63) is 18.2 Å². The molecule has 0 aromatic carbocycles. The molecule has 0 saturated carbocycles. The lowest BCUT2D eigenvalue weighted by molar-refractivity contribution is 0.840. The van der Waals surface area contributed by atoms with E-state index in [9.17, 15) is 0 Å². The highest BCUT2D eigenvalue weighted by Gasteiger charge is 1.94. The predicted octanol–water partition coefficient (Wildman–Crippen LogP) is 1.33. The highest BCUT2D eigenvalue weighted by molar-refractivity contribution is 5.19. The van der Waals surface area contributed by atoms with E-state index >= 15 is 0 Å². The van der Waals surface area contributed by atoms with Gasteiger partial charge in [-0.2, -0.15) is 5.10 Å². The van der Waals surface area contributed by atoms with Gasteiger partial charge in [0.05, 0.1) is 0 Å². The first-order valence-corrected chi connectivity index (χ1v) is 3.39. The summed E-state index contributed by atoms with van der Waals surface area (Å²) in [4.78, 5) is 4.05. The molecule has 0 unspecified atom stereocenters. The van der Waals surface area contributed by atoms with Gasteiger partial charge in [-0.25, -0.2) is 9.67 Å². The van der Waals surface area contributed by atoms with Gasteiger partial charge in [0.25, 0.3) is 0 Å². The summed E-state index contributed by atoms with van der Waals surface area (Å²) in [7, 11) is 0. The van der Waals surface area contributed by atoms with E-state index in [0.717, 1.165) is 12.2 Å². The van der Waals surface area contributed by atoms with Gasteiger partial charge in [-0.15, -0.1) is 0 Å². The van der Waals surface area contributed by atoms with Gasteiger partial charge in [0.1, 0.15) is 12.2 Å². The van der Waals surface area contributed by atoms with Gasteiger partial charge >= 0.3 is 0 Å². The van der Waals surface area contributed by atoms with Gasteiger partial charge in [-0.05, 0) is 6.92 Å². The van der Waals surface area contributed by atoms with Gasteiger partial charge in [0.2, 0.25) is 0 Å². The molecular weight excluding hydrogens is 126 g/mol. The lowest BCUT2D eigenvalue weighted by Crippen LogP contribution is -1.95. The Labute approximate surface area is 60.4 Å². The molecule has 1 heterocycles. The molecule has 0 radical (unpaired) electrons. The average molecular weight is 137 g/mol. The third-order valence-electron chi connectivity index (χ3n) is 1.25. The fourth-order valence-corrected chi connectivity index (χ4v) is 0.793. The largest absolute Gasteiger partial charge is 0.226 e. The van der Waals surface area contributed by atoms with Crippen LogP contribution in [0.2, 0.25) is 0 Å². The van der Waals surface area contributed by atoms with Crippen LogP contribution in [0.5, 0.6) is 0 Å². The second-order valence-corrected chi connectivity index (χ2v) is 1.96. The number of nitrogens with zero attached hydrogens (tertiary/aromatic N) is 3. The summed E-state index contributed by atoms with van der Waals surface area (Å²) in [5.41, 5.74) is 0. The molecule has 1 aromatic rings. The van der Waals surface area contributed by atoms with E-state index in [1.54, 1.807) is 11.0 Å². The predicted molar refractivity (Wildman–Crippen MR) is 40.4 cm³/mol. The SMILES string of the molecule is CC=Cn1ncnc1CC. The Kier molecular flexibility index (Phi) is 2.20. The number of hydrogen-bond acceptors (Lipinski definition) is 2. The number of aryl methyl sites for hydroxylation is 1. The van der Waals surface area contributed by atoms with Crippen molar-refractivity contribution < 1.29 is 0 Å². The monoisotopic (exact) mass is 137 g/mol. The Morgan fingerprint density at radius 3 is 3.10 bits per heavy atom. The van der Waals surface area contributed by atoms with Crippen molar-refractivity contribution in [1.82, 2.24) is 14.8 Å². The summed E-state index contributed by atoms with van der Waals surface area (Å²) in [6.07, 6.45) is 6.32. The molecular formula is C7H11N3. The van der Waals surface area contributed by atoms with Gasteiger partial charge in [-0.3, -0.25) is 0 Å². The smallest absolute Gasteiger partial charge is 0.138 e. The molecule has 0 fully saturated rings. The molecule has 0 amide bonds. The van der Waals surface area contributed by atoms with Crippen LogP contribution in [0.4, 0.5) is 0 Å². The maximum atomic E-state index is 4.05. The molecule has 3 nitrogen and oxygen atoms in total. The van der Waals surface area contributed by atoms with E-state index in [1.165, 1.54) is 0 Å². The molecule has 0 aliphatic heterocycles. The fraction of sp³-hybridized carbons (Fsp3) is 0.429. The first-order valence-electron chi connectivity index (χ1n) is 3.39. The van der Waals surface area contributed by atoms with E-state index < -0.39 is 0 Å². The van der Waals surface area contributed by atoms with Crippen LogP contribution in [0.25, 0.3) is 6.20 Å². The molecule has 0 spiro atoms. The molecule has 0 atom stereocenters. The summed E-state index contributed by atoms with van der Waals surface area (Å²) >= 11 is 0. The Balaban J connectivity index is 2.90. The van der Waals surface area contributed by atoms with Crippen LogP contribution in [-0.2, 0) is 6.42 Å². The molecule has 3 heteroatoms. The highest BCUT2D eigenvalue weighted by atomic mass is 15.3. The average Bonchev–Trinajstić information content (AvgIpc) is 2.36. The first kappa shape index (κ1) is 6.99. The third-order valence-corrected chi connectivity index (χ3v) is 1.25. The molecule has 0 aliphatic carbocycles. The number of aromatic nitrogens is 3. The lowest BCUT2D eigenvalue weighted by atomic mass is 10.4. The molecule has 54 valence electrons. The van der Waals surface area contributed by atoms with Crippen molar-refractivity contribution in [3.8, 4) is 0 Å². The normalized spacial score (nSPS) is 11.0. The van der Waals surface area contributed by atoms with Crippen LogP contribution in [-0.4, -0.2) is 14.8 Å². The molecule has 0 saturated heterocycles. The van der Waals surface area contributed by atoms with Crippen LogP contribution in [0.1, 0.15) is 19.7 Å². The summed E-state index contributed by atoms with van der Waals surface area (Å²) in [5, 5.41) is 4.00. The van der Waals surface area contributed by atoms with E-state index in [0.29, 0.717) is 0 Å². The minimum Gasteiger partial charge on any atom is -0.226 e. The second-order valence-electron chi connectivity index (χ2n) is 1.96. The van der Waals surface area contributed by atoms with E-state index in [-0.39, 0.29) is 0 Å². The van der Waals surface area contributed by atoms with Gasteiger partial charge < -0.3 is 0 Å². The van der Waals surface area contributed by atoms with Crippen LogP contribution in [0.3, 0.4) is 0 Å². The minimum atomic E-state index is 0.921. The zero-order valence-electron chi connectivity index (χ0n) is 6.28. The quantitative estimate of drug-likeness (QED) is 0.615. The standard InChI is InChI=1S/C7H11N3/c1-3-5-10-7(4-2)8-6-9-10/h3,5-6H,4H2,1-2H3. The third kappa shape index (κ3) is 1.23.